The Labute approximate surface area is 84.9 Å². The molecule has 0 fully saturated rings. The van der Waals surface area contributed by atoms with Crippen LogP contribution in [0, 0.1) is 5.92 Å². The lowest BCUT2D eigenvalue weighted by atomic mass is 10.2. The Bertz CT molecular complexity index is 148. The smallest absolute Gasteiger partial charge is 0.0388 e. The molecule has 2 unspecified atom stereocenters. The molecule has 0 aliphatic heterocycles. The maximum atomic E-state index is 11.6. The van der Waals surface area contributed by atoms with Crippen LogP contribution in [-0.2, 0) is 10.8 Å². The van der Waals surface area contributed by atoms with Crippen molar-refractivity contribution in [1.82, 2.24) is 5.32 Å². The maximum Gasteiger partial charge on any atom is 0.0388 e. The van der Waals surface area contributed by atoms with Crippen LogP contribution in [0.1, 0.15) is 34.1 Å². The summed E-state index contributed by atoms with van der Waals surface area (Å²) in [7, 11) is -0.644. The molecule has 0 bridgehead atoms. The van der Waals surface area contributed by atoms with E-state index in [1.807, 2.05) is 0 Å². The van der Waals surface area contributed by atoms with Crippen LogP contribution in [-0.4, -0.2) is 28.3 Å². The van der Waals surface area contributed by atoms with Crippen molar-refractivity contribution in [2.45, 2.75) is 40.2 Å². The first kappa shape index (κ1) is 13.1. The molecule has 0 heterocycles. The first-order valence-corrected chi connectivity index (χ1v) is 6.67. The average Bonchev–Trinajstić information content (AvgIpc) is 2.02. The highest BCUT2D eigenvalue weighted by Gasteiger charge is 2.10. The molecule has 13 heavy (non-hydrogen) atoms. The van der Waals surface area contributed by atoms with E-state index in [4.69, 9.17) is 0 Å². The van der Waals surface area contributed by atoms with Crippen molar-refractivity contribution in [1.29, 1.82) is 0 Å². The number of hydrogen-bond donors (Lipinski definition) is 1. The van der Waals surface area contributed by atoms with Crippen LogP contribution in [0.2, 0.25) is 0 Å². The Morgan fingerprint density at radius 3 is 2.23 bits per heavy atom. The molecule has 1 N–H and O–H groups in total. The topological polar surface area (TPSA) is 29.1 Å². The van der Waals surface area contributed by atoms with Gasteiger partial charge in [-0.1, -0.05) is 27.7 Å². The van der Waals surface area contributed by atoms with Crippen molar-refractivity contribution in [2.75, 3.05) is 18.1 Å². The van der Waals surface area contributed by atoms with Gasteiger partial charge in [-0.15, -0.1) is 0 Å². The molecule has 0 aliphatic rings. The Morgan fingerprint density at radius 1 is 1.23 bits per heavy atom. The van der Waals surface area contributed by atoms with Crippen LogP contribution >= 0.6 is 0 Å². The Kier molecular flexibility index (Phi) is 7.57. The zero-order valence-corrected chi connectivity index (χ0v) is 10.1. The van der Waals surface area contributed by atoms with E-state index in [0.717, 1.165) is 24.5 Å². The molecule has 0 rings (SSSR count). The quantitative estimate of drug-likeness (QED) is 0.686. The van der Waals surface area contributed by atoms with Crippen molar-refractivity contribution >= 4 is 10.8 Å². The molecule has 0 aliphatic carbocycles. The molecule has 2 nitrogen and oxygen atoms in total. The third kappa shape index (κ3) is 7.20. The van der Waals surface area contributed by atoms with E-state index in [0.29, 0.717) is 12.0 Å². The lowest BCUT2D eigenvalue weighted by Crippen LogP contribution is -2.34. The average molecular weight is 205 g/mol. The molecule has 0 saturated carbocycles. The largest absolute Gasteiger partial charge is 0.313 e. The third-order valence-corrected chi connectivity index (χ3v) is 3.70. The number of hydrogen-bond acceptors (Lipinski definition) is 2. The van der Waals surface area contributed by atoms with E-state index in [1.54, 1.807) is 0 Å². The summed E-state index contributed by atoms with van der Waals surface area (Å²) < 4.78 is 11.6. The van der Waals surface area contributed by atoms with E-state index in [1.165, 1.54) is 0 Å². The van der Waals surface area contributed by atoms with Crippen molar-refractivity contribution < 1.29 is 4.21 Å². The summed E-state index contributed by atoms with van der Waals surface area (Å²) in [6.07, 6.45) is 1.07. The van der Waals surface area contributed by atoms with Crippen molar-refractivity contribution in [3.63, 3.8) is 0 Å². The van der Waals surface area contributed by atoms with Crippen LogP contribution < -0.4 is 5.32 Å². The van der Waals surface area contributed by atoms with Gasteiger partial charge in [0.15, 0.2) is 0 Å². The van der Waals surface area contributed by atoms with Crippen LogP contribution in [0.4, 0.5) is 0 Å². The molecule has 0 aromatic rings. The SMILES string of the molecule is CCNC(CC)CS(=O)CC(C)C. The standard InChI is InChI=1S/C10H23NOS/c1-5-10(11-6-2)8-13(12)7-9(3)4/h9-11H,5-8H2,1-4H3. The first-order chi connectivity index (χ1) is 6.10. The number of rotatable bonds is 7. The van der Waals surface area contributed by atoms with Gasteiger partial charge in [-0.05, 0) is 18.9 Å². The van der Waals surface area contributed by atoms with E-state index >= 15 is 0 Å². The fourth-order valence-corrected chi connectivity index (χ4v) is 2.96. The zero-order chi connectivity index (χ0) is 10.3. The molecule has 0 amide bonds. The van der Waals surface area contributed by atoms with Gasteiger partial charge >= 0.3 is 0 Å². The van der Waals surface area contributed by atoms with Gasteiger partial charge in [0, 0.05) is 28.3 Å². The molecule has 80 valence electrons. The zero-order valence-electron chi connectivity index (χ0n) is 9.30. The van der Waals surface area contributed by atoms with E-state index in [9.17, 15) is 4.21 Å². The lowest BCUT2D eigenvalue weighted by molar-refractivity contribution is 0.551. The molecule has 0 saturated heterocycles. The lowest BCUT2D eigenvalue weighted by Gasteiger charge is -2.15. The van der Waals surface area contributed by atoms with Gasteiger partial charge in [0.1, 0.15) is 0 Å². The molecular weight excluding hydrogens is 182 g/mol. The molecule has 0 aromatic heterocycles. The summed E-state index contributed by atoms with van der Waals surface area (Å²) in [6.45, 7) is 9.43. The second-order valence-corrected chi connectivity index (χ2v) is 5.38. The molecule has 0 aromatic carbocycles. The summed E-state index contributed by atoms with van der Waals surface area (Å²) >= 11 is 0. The normalized spacial score (nSPS) is 16.1. The molecule has 3 heteroatoms. The Hall–Kier alpha value is 0.110. The molecule has 0 radical (unpaired) electrons. The fourth-order valence-electron chi connectivity index (χ4n) is 1.27. The van der Waals surface area contributed by atoms with Crippen molar-refractivity contribution in [2.24, 2.45) is 5.92 Å². The molecule has 0 spiro atoms. The van der Waals surface area contributed by atoms with Gasteiger partial charge in [-0.2, -0.15) is 0 Å². The number of nitrogens with one attached hydrogen (secondary N) is 1. The van der Waals surface area contributed by atoms with Crippen molar-refractivity contribution in [3.8, 4) is 0 Å². The van der Waals surface area contributed by atoms with Crippen LogP contribution in [0.25, 0.3) is 0 Å². The minimum absolute atomic E-state index is 0.435. The summed E-state index contributed by atoms with van der Waals surface area (Å²) in [4.78, 5) is 0. The molecule has 2 atom stereocenters. The van der Waals surface area contributed by atoms with Crippen LogP contribution in [0.5, 0.6) is 0 Å². The van der Waals surface area contributed by atoms with Gasteiger partial charge < -0.3 is 5.32 Å². The Balaban J connectivity index is 3.73. The van der Waals surface area contributed by atoms with Gasteiger partial charge in [-0.3, -0.25) is 4.21 Å². The second kappa shape index (κ2) is 7.51. The van der Waals surface area contributed by atoms with Gasteiger partial charge in [0.2, 0.25) is 0 Å². The van der Waals surface area contributed by atoms with Gasteiger partial charge in [0.05, 0.1) is 0 Å². The highest BCUT2D eigenvalue weighted by Crippen LogP contribution is 2.00. The first-order valence-electron chi connectivity index (χ1n) is 5.18. The highest BCUT2D eigenvalue weighted by molar-refractivity contribution is 7.85. The second-order valence-electron chi connectivity index (χ2n) is 3.83. The summed E-state index contributed by atoms with van der Waals surface area (Å²) in [5.41, 5.74) is 0. The summed E-state index contributed by atoms with van der Waals surface area (Å²) in [5.74, 6) is 2.18. The minimum atomic E-state index is -0.644. The monoisotopic (exact) mass is 205 g/mol. The predicted octanol–water partition coefficient (Wildman–Crippen LogP) is 1.78. The summed E-state index contributed by atoms with van der Waals surface area (Å²) in [6, 6.07) is 0.435. The third-order valence-electron chi connectivity index (χ3n) is 1.89. The minimum Gasteiger partial charge on any atom is -0.313 e. The van der Waals surface area contributed by atoms with Gasteiger partial charge in [0.25, 0.3) is 0 Å². The van der Waals surface area contributed by atoms with Gasteiger partial charge in [-0.25, -0.2) is 0 Å². The fraction of sp³-hybridized carbons (Fsp3) is 1.00. The Morgan fingerprint density at radius 2 is 1.85 bits per heavy atom. The van der Waals surface area contributed by atoms with Crippen LogP contribution in [0.3, 0.4) is 0 Å². The predicted molar refractivity (Wildman–Crippen MR) is 60.5 cm³/mol. The maximum absolute atomic E-state index is 11.6. The van der Waals surface area contributed by atoms with E-state index in [-0.39, 0.29) is 0 Å². The van der Waals surface area contributed by atoms with E-state index in [2.05, 4.69) is 33.0 Å². The van der Waals surface area contributed by atoms with Crippen molar-refractivity contribution in [3.05, 3.63) is 0 Å². The van der Waals surface area contributed by atoms with Crippen LogP contribution in [0.15, 0.2) is 0 Å². The highest BCUT2D eigenvalue weighted by atomic mass is 32.2. The van der Waals surface area contributed by atoms with E-state index < -0.39 is 10.8 Å². The molecular formula is C10H23NOS. The summed E-state index contributed by atoms with van der Waals surface area (Å²) in [5, 5.41) is 3.34.